The maximum absolute atomic E-state index is 13.8. The van der Waals surface area contributed by atoms with Crippen LogP contribution < -0.4 is 9.47 Å². The summed E-state index contributed by atoms with van der Waals surface area (Å²) in [5.74, 6) is -3.33. The van der Waals surface area contributed by atoms with E-state index in [0.717, 1.165) is 16.4 Å². The Bertz CT molecular complexity index is 1630. The second-order valence-electron chi connectivity index (χ2n) is 10.9. The molecule has 1 saturated heterocycles. The summed E-state index contributed by atoms with van der Waals surface area (Å²) in [4.78, 5) is 67.5. The van der Waals surface area contributed by atoms with E-state index in [-0.39, 0.29) is 43.9 Å². The molecule has 6 rings (SSSR count). The maximum Gasteiger partial charge on any atom is 0.343 e. The average Bonchev–Trinajstić information content (AvgIpc) is 3.65. The number of methoxy groups -OCH3 is 1. The summed E-state index contributed by atoms with van der Waals surface area (Å²) >= 11 is 13.4. The summed E-state index contributed by atoms with van der Waals surface area (Å²) in [5, 5.41) is 2.22. The Hall–Kier alpha value is -3.54. The van der Waals surface area contributed by atoms with Gasteiger partial charge in [-0.3, -0.25) is 19.2 Å². The number of hydrazine groups is 1. The van der Waals surface area contributed by atoms with E-state index in [0.29, 0.717) is 10.8 Å². The minimum Gasteiger partial charge on any atom is -0.497 e. The van der Waals surface area contributed by atoms with Gasteiger partial charge in [-0.1, -0.05) is 49.5 Å². The van der Waals surface area contributed by atoms with Crippen LogP contribution in [0.1, 0.15) is 37.5 Å². The van der Waals surface area contributed by atoms with Gasteiger partial charge in [0.2, 0.25) is 0 Å². The lowest BCUT2D eigenvalue weighted by Crippen LogP contribution is -2.52. The Kier molecular flexibility index (Phi) is 8.38. The summed E-state index contributed by atoms with van der Waals surface area (Å²) in [6, 6.07) is 18.3. The van der Waals surface area contributed by atoms with Crippen molar-refractivity contribution in [3.05, 3.63) is 94.5 Å². The van der Waals surface area contributed by atoms with E-state index >= 15 is 0 Å². The molecule has 0 radical (unpaired) electrons. The first kappa shape index (κ1) is 30.5. The number of carbonyl (C=O) groups excluding carboxylic acids is 5. The summed E-state index contributed by atoms with van der Waals surface area (Å²) < 4.78 is 10.6. The molecule has 6 atom stereocenters. The number of Topliss-reactive ketones (excluding diaryl/α,β-unsaturated/α-hetero) is 1. The highest BCUT2D eigenvalue weighted by molar-refractivity contribution is 9.12. The van der Waals surface area contributed by atoms with Gasteiger partial charge in [-0.2, -0.15) is 5.01 Å². The predicted molar refractivity (Wildman–Crippen MR) is 167 cm³/mol. The van der Waals surface area contributed by atoms with Crippen LogP contribution in [0.15, 0.2) is 72.8 Å². The standard InChI is InChI=1S/C32H25Br2ClN2O7/c1-43-21-4-2-3-18(13-21)32(42)44-20-11-7-16(8-12-20)24(38)15-36(29(39)17-5-9-19(35)10-6-17)37-30(40)25-22-14-23(26(25)31(37)41)28(34)27(22)33/h2-13,22-23,25-28H,14-15H2,1H3/t22-,23-,25-,26+,27-,28+/m1/s1. The first-order valence-electron chi connectivity index (χ1n) is 13.8. The number of nitrogens with zero attached hydrogens (tertiary/aromatic N) is 2. The van der Waals surface area contributed by atoms with E-state index in [4.69, 9.17) is 21.1 Å². The van der Waals surface area contributed by atoms with Gasteiger partial charge >= 0.3 is 5.97 Å². The molecule has 0 N–H and O–H groups in total. The van der Waals surface area contributed by atoms with Crippen LogP contribution in [0.3, 0.4) is 0 Å². The fourth-order valence-corrected chi connectivity index (χ4v) is 8.40. The van der Waals surface area contributed by atoms with Gasteiger partial charge in [-0.05, 0) is 85.0 Å². The number of carbonyl (C=O) groups is 5. The van der Waals surface area contributed by atoms with E-state index in [9.17, 15) is 24.0 Å². The van der Waals surface area contributed by atoms with Crippen molar-refractivity contribution < 1.29 is 33.4 Å². The number of hydrogen-bond acceptors (Lipinski definition) is 7. The topological polar surface area (TPSA) is 110 Å². The molecule has 3 fully saturated rings. The Labute approximate surface area is 274 Å². The monoisotopic (exact) mass is 742 g/mol. The molecule has 2 saturated carbocycles. The van der Waals surface area contributed by atoms with E-state index in [1.54, 1.807) is 24.3 Å². The molecule has 0 spiro atoms. The van der Waals surface area contributed by atoms with Gasteiger partial charge in [0.1, 0.15) is 18.0 Å². The Morgan fingerprint density at radius 1 is 0.841 bits per heavy atom. The van der Waals surface area contributed by atoms with Crippen molar-refractivity contribution >= 4 is 72.9 Å². The summed E-state index contributed by atoms with van der Waals surface area (Å²) in [6.45, 7) is -0.563. The Morgan fingerprint density at radius 3 is 2.02 bits per heavy atom. The quantitative estimate of drug-likeness (QED) is 0.0974. The number of amides is 3. The van der Waals surface area contributed by atoms with Crippen molar-refractivity contribution in [3.8, 4) is 11.5 Å². The van der Waals surface area contributed by atoms with Gasteiger partial charge in [0.05, 0.1) is 24.5 Å². The van der Waals surface area contributed by atoms with Crippen LogP contribution in [0.4, 0.5) is 0 Å². The minimum atomic E-state index is -0.682. The molecule has 0 unspecified atom stereocenters. The van der Waals surface area contributed by atoms with Gasteiger partial charge in [-0.25, -0.2) is 9.80 Å². The third-order valence-corrected chi connectivity index (χ3v) is 12.0. The third-order valence-electron chi connectivity index (χ3n) is 8.52. The lowest BCUT2D eigenvalue weighted by atomic mass is 9.81. The van der Waals surface area contributed by atoms with Crippen molar-refractivity contribution in [2.24, 2.45) is 23.7 Å². The first-order chi connectivity index (χ1) is 21.1. The zero-order valence-electron chi connectivity index (χ0n) is 23.2. The number of ether oxygens (including phenoxy) is 2. The van der Waals surface area contributed by atoms with Crippen molar-refractivity contribution in [3.63, 3.8) is 0 Å². The van der Waals surface area contributed by atoms with Gasteiger partial charge in [0.25, 0.3) is 17.7 Å². The first-order valence-corrected chi connectivity index (χ1v) is 16.0. The van der Waals surface area contributed by atoms with Crippen molar-refractivity contribution in [1.82, 2.24) is 10.0 Å². The number of fused-ring (bicyclic) bond motifs is 5. The van der Waals surface area contributed by atoms with Crippen LogP contribution in [0.2, 0.25) is 5.02 Å². The molecule has 3 amide bonds. The number of benzene rings is 3. The second-order valence-corrected chi connectivity index (χ2v) is 13.5. The molecule has 12 heteroatoms. The highest BCUT2D eigenvalue weighted by Gasteiger charge is 2.67. The number of hydrogen-bond donors (Lipinski definition) is 0. The number of halogens is 3. The summed E-state index contributed by atoms with van der Waals surface area (Å²) in [6.07, 6.45) is 0.727. The van der Waals surface area contributed by atoms with Gasteiger partial charge in [0.15, 0.2) is 5.78 Å². The molecule has 3 aliphatic rings. The van der Waals surface area contributed by atoms with Crippen molar-refractivity contribution in [2.45, 2.75) is 16.1 Å². The molecule has 3 aromatic carbocycles. The zero-order valence-corrected chi connectivity index (χ0v) is 27.1. The second kappa shape index (κ2) is 12.1. The maximum atomic E-state index is 13.8. The van der Waals surface area contributed by atoms with Crippen LogP contribution in [0.25, 0.3) is 0 Å². The van der Waals surface area contributed by atoms with Crippen LogP contribution in [0, 0.1) is 23.7 Å². The third kappa shape index (κ3) is 5.35. The smallest absolute Gasteiger partial charge is 0.343 e. The fraction of sp³-hybridized carbons (Fsp3) is 0.281. The highest BCUT2D eigenvalue weighted by atomic mass is 79.9. The molecule has 2 aliphatic carbocycles. The van der Waals surface area contributed by atoms with Crippen molar-refractivity contribution in [2.75, 3.05) is 13.7 Å². The minimum absolute atomic E-state index is 0.0176. The molecule has 3 aromatic rings. The predicted octanol–water partition coefficient (Wildman–Crippen LogP) is 5.59. The normalized spacial score (nSPS) is 25.1. The molecule has 44 heavy (non-hydrogen) atoms. The van der Waals surface area contributed by atoms with E-state index in [1.165, 1.54) is 55.6 Å². The molecule has 9 nitrogen and oxygen atoms in total. The fourth-order valence-electron chi connectivity index (χ4n) is 6.40. The number of ketones is 1. The summed E-state index contributed by atoms with van der Waals surface area (Å²) in [5.41, 5.74) is 0.649. The number of rotatable bonds is 8. The van der Waals surface area contributed by atoms with Crippen LogP contribution in [0.5, 0.6) is 11.5 Å². The molecular formula is C32H25Br2ClN2O7. The van der Waals surface area contributed by atoms with E-state index in [2.05, 4.69) is 31.9 Å². The summed E-state index contributed by atoms with van der Waals surface area (Å²) in [7, 11) is 1.49. The molecular weight excluding hydrogens is 720 g/mol. The van der Waals surface area contributed by atoms with Crippen LogP contribution in [-0.4, -0.2) is 62.8 Å². The lowest BCUT2D eigenvalue weighted by Gasteiger charge is -2.31. The van der Waals surface area contributed by atoms with Gasteiger partial charge in [-0.15, -0.1) is 0 Å². The van der Waals surface area contributed by atoms with E-state index < -0.39 is 47.9 Å². The van der Waals surface area contributed by atoms with Crippen molar-refractivity contribution in [1.29, 1.82) is 0 Å². The van der Waals surface area contributed by atoms with Gasteiger partial charge in [0, 0.05) is 25.8 Å². The SMILES string of the molecule is COc1cccc(C(=O)Oc2ccc(C(=O)CN(C(=O)c3ccc(Cl)cc3)N3C(=O)[C@@H]4[C@H]5C[C@@H]([C@H](Br)[C@@H]5Br)[C@@H]4C3=O)cc2)c1. The number of esters is 1. The molecule has 226 valence electrons. The highest BCUT2D eigenvalue weighted by Crippen LogP contribution is 2.60. The Balaban J connectivity index is 1.24. The lowest BCUT2D eigenvalue weighted by molar-refractivity contribution is -0.154. The zero-order chi connectivity index (χ0) is 31.3. The van der Waals surface area contributed by atoms with E-state index in [1.807, 2.05) is 0 Å². The van der Waals surface area contributed by atoms with Gasteiger partial charge < -0.3 is 9.47 Å². The van der Waals surface area contributed by atoms with Crippen LogP contribution in [-0.2, 0) is 9.59 Å². The largest absolute Gasteiger partial charge is 0.497 e. The molecule has 1 aliphatic heterocycles. The number of imide groups is 1. The molecule has 0 aromatic heterocycles. The number of alkyl halides is 2. The molecule has 2 bridgehead atoms. The average molecular weight is 745 g/mol. The van der Waals surface area contributed by atoms with Crippen LogP contribution >= 0.6 is 43.5 Å². The molecule has 1 heterocycles. The Morgan fingerprint density at radius 2 is 1.43 bits per heavy atom.